The third-order valence-electron chi connectivity index (χ3n) is 3.85. The van der Waals surface area contributed by atoms with Gasteiger partial charge in [-0.1, -0.05) is 32.6 Å². The molecule has 7 heteroatoms. The van der Waals surface area contributed by atoms with Gasteiger partial charge in [0.25, 0.3) is 5.91 Å². The number of carbonyl (C=O) groups excluding carboxylic acids is 3. The number of hydrogen-bond acceptors (Lipinski definition) is 4. The van der Waals surface area contributed by atoms with Gasteiger partial charge in [-0.2, -0.15) is 0 Å². The van der Waals surface area contributed by atoms with Crippen LogP contribution in [-0.4, -0.2) is 31.4 Å². The third-order valence-corrected chi connectivity index (χ3v) is 3.85. The minimum atomic E-state index is -0.433. The van der Waals surface area contributed by atoms with Crippen molar-refractivity contribution in [2.45, 2.75) is 51.9 Å². The molecule has 0 saturated heterocycles. The zero-order valence-corrected chi connectivity index (χ0v) is 15.6. The summed E-state index contributed by atoms with van der Waals surface area (Å²) in [5, 5.41) is 2.80. The Balaban J connectivity index is 2.15. The van der Waals surface area contributed by atoms with E-state index in [0.29, 0.717) is 17.9 Å². The van der Waals surface area contributed by atoms with E-state index in [4.69, 9.17) is 4.74 Å². The average molecular weight is 363 g/mol. The lowest BCUT2D eigenvalue weighted by atomic mass is 10.1. The Morgan fingerprint density at radius 3 is 2.19 bits per heavy atom. The van der Waals surface area contributed by atoms with Gasteiger partial charge in [0.1, 0.15) is 5.75 Å². The molecule has 0 radical (unpaired) electrons. The van der Waals surface area contributed by atoms with Crippen molar-refractivity contribution < 1.29 is 19.1 Å². The molecule has 0 aromatic heterocycles. The minimum Gasteiger partial charge on any atom is -0.497 e. The molecule has 3 amide bonds. The maximum Gasteiger partial charge on any atom is 0.269 e. The first-order valence-corrected chi connectivity index (χ1v) is 9.06. The summed E-state index contributed by atoms with van der Waals surface area (Å²) in [6.07, 6.45) is 5.77. The highest BCUT2D eigenvalue weighted by Gasteiger charge is 2.09. The minimum absolute atomic E-state index is 0.0184. The molecule has 0 unspecified atom stereocenters. The van der Waals surface area contributed by atoms with Crippen molar-refractivity contribution in [3.05, 3.63) is 29.8 Å². The molecule has 1 aromatic rings. The largest absolute Gasteiger partial charge is 0.497 e. The molecule has 0 bridgehead atoms. The fourth-order valence-corrected chi connectivity index (χ4v) is 2.28. The van der Waals surface area contributed by atoms with Gasteiger partial charge in [0.2, 0.25) is 11.8 Å². The second-order valence-electron chi connectivity index (χ2n) is 5.99. The predicted molar refractivity (Wildman–Crippen MR) is 99.6 cm³/mol. The van der Waals surface area contributed by atoms with E-state index in [9.17, 15) is 14.4 Å². The molecule has 1 aromatic carbocycles. The lowest BCUT2D eigenvalue weighted by molar-refractivity contribution is -0.126. The number of ether oxygens (including phenoxy) is 1. The Hall–Kier alpha value is -2.57. The van der Waals surface area contributed by atoms with E-state index in [2.05, 4.69) is 23.1 Å². The number of hydrogen-bond donors (Lipinski definition) is 3. The molecule has 144 valence electrons. The molecule has 1 rings (SSSR count). The summed E-state index contributed by atoms with van der Waals surface area (Å²) in [6, 6.07) is 6.50. The van der Waals surface area contributed by atoms with Crippen molar-refractivity contribution in [3.8, 4) is 5.75 Å². The zero-order chi connectivity index (χ0) is 19.2. The van der Waals surface area contributed by atoms with Gasteiger partial charge >= 0.3 is 0 Å². The van der Waals surface area contributed by atoms with Crippen LogP contribution in [0.25, 0.3) is 0 Å². The van der Waals surface area contributed by atoms with Crippen LogP contribution >= 0.6 is 0 Å². The predicted octanol–water partition coefficient (Wildman–Crippen LogP) is 2.32. The van der Waals surface area contributed by atoms with Crippen LogP contribution in [-0.2, 0) is 9.59 Å². The Morgan fingerprint density at radius 1 is 0.885 bits per heavy atom. The van der Waals surface area contributed by atoms with Gasteiger partial charge in [0.15, 0.2) is 0 Å². The van der Waals surface area contributed by atoms with Gasteiger partial charge in [0, 0.05) is 24.9 Å². The van der Waals surface area contributed by atoms with Crippen LogP contribution in [0.1, 0.15) is 62.2 Å². The van der Waals surface area contributed by atoms with E-state index < -0.39 is 11.8 Å². The quantitative estimate of drug-likeness (QED) is 0.415. The highest BCUT2D eigenvalue weighted by Crippen LogP contribution is 2.10. The summed E-state index contributed by atoms with van der Waals surface area (Å²) in [5.74, 6) is -0.360. The van der Waals surface area contributed by atoms with Crippen LogP contribution in [0.3, 0.4) is 0 Å². The molecule has 0 spiro atoms. The summed E-state index contributed by atoms with van der Waals surface area (Å²) in [7, 11) is 1.54. The van der Waals surface area contributed by atoms with Crippen LogP contribution < -0.4 is 20.9 Å². The standard InChI is InChI=1S/C19H29N3O4/c1-3-4-5-6-7-14-20-17(23)12-13-18(24)21-22-19(25)15-8-10-16(26-2)11-9-15/h8-11H,3-7,12-14H2,1-2H3,(H,20,23)(H,21,24)(H,22,25). The van der Waals surface area contributed by atoms with Crippen LogP contribution in [0.5, 0.6) is 5.75 Å². The number of rotatable bonds is 11. The zero-order valence-electron chi connectivity index (χ0n) is 15.6. The van der Waals surface area contributed by atoms with Crippen molar-refractivity contribution in [1.82, 2.24) is 16.2 Å². The number of methoxy groups -OCH3 is 1. The number of carbonyl (C=O) groups is 3. The molecule has 0 atom stereocenters. The molecule has 0 aliphatic heterocycles. The van der Waals surface area contributed by atoms with Crippen molar-refractivity contribution >= 4 is 17.7 Å². The Labute approximate surface area is 154 Å². The smallest absolute Gasteiger partial charge is 0.269 e. The third kappa shape index (κ3) is 9.05. The molecular weight excluding hydrogens is 334 g/mol. The first-order valence-electron chi connectivity index (χ1n) is 9.06. The van der Waals surface area contributed by atoms with E-state index >= 15 is 0 Å². The molecule has 26 heavy (non-hydrogen) atoms. The van der Waals surface area contributed by atoms with E-state index in [1.165, 1.54) is 26.4 Å². The van der Waals surface area contributed by atoms with E-state index in [1.54, 1.807) is 24.3 Å². The van der Waals surface area contributed by atoms with Crippen LogP contribution in [0.4, 0.5) is 0 Å². The van der Waals surface area contributed by atoms with Crippen LogP contribution in [0.2, 0.25) is 0 Å². The van der Waals surface area contributed by atoms with Crippen molar-refractivity contribution in [3.63, 3.8) is 0 Å². The maximum absolute atomic E-state index is 11.9. The van der Waals surface area contributed by atoms with Crippen molar-refractivity contribution in [2.24, 2.45) is 0 Å². The fourth-order valence-electron chi connectivity index (χ4n) is 2.28. The molecule has 0 fully saturated rings. The Morgan fingerprint density at radius 2 is 1.54 bits per heavy atom. The first kappa shape index (κ1) is 21.5. The summed E-state index contributed by atoms with van der Waals surface area (Å²) in [4.78, 5) is 35.3. The van der Waals surface area contributed by atoms with Gasteiger partial charge in [-0.25, -0.2) is 0 Å². The molecule has 0 heterocycles. The van der Waals surface area contributed by atoms with Crippen molar-refractivity contribution in [2.75, 3.05) is 13.7 Å². The number of nitrogens with one attached hydrogen (secondary N) is 3. The maximum atomic E-state index is 11.9. The summed E-state index contributed by atoms with van der Waals surface area (Å²) >= 11 is 0. The first-order chi connectivity index (χ1) is 12.6. The molecule has 3 N–H and O–H groups in total. The number of unbranched alkanes of at least 4 members (excludes halogenated alkanes) is 4. The molecule has 0 aliphatic rings. The average Bonchev–Trinajstić information content (AvgIpc) is 2.67. The van der Waals surface area contributed by atoms with Crippen molar-refractivity contribution in [1.29, 1.82) is 0 Å². The number of hydrazine groups is 1. The Kier molecular flexibility index (Phi) is 10.5. The second-order valence-corrected chi connectivity index (χ2v) is 5.99. The fraction of sp³-hybridized carbons (Fsp3) is 0.526. The van der Waals surface area contributed by atoms with E-state index in [0.717, 1.165) is 12.8 Å². The highest BCUT2D eigenvalue weighted by molar-refractivity contribution is 5.95. The SMILES string of the molecule is CCCCCCCNC(=O)CCC(=O)NNC(=O)c1ccc(OC)cc1. The lowest BCUT2D eigenvalue weighted by Crippen LogP contribution is -2.42. The molecule has 7 nitrogen and oxygen atoms in total. The molecule has 0 saturated carbocycles. The van der Waals surface area contributed by atoms with Gasteiger partial charge in [0.05, 0.1) is 7.11 Å². The van der Waals surface area contributed by atoms with E-state index in [-0.39, 0.29) is 18.7 Å². The van der Waals surface area contributed by atoms with E-state index in [1.807, 2.05) is 0 Å². The molecule has 0 aliphatic carbocycles. The van der Waals surface area contributed by atoms with Crippen LogP contribution in [0, 0.1) is 0 Å². The van der Waals surface area contributed by atoms with Gasteiger partial charge in [-0.05, 0) is 30.7 Å². The molecular formula is C19H29N3O4. The van der Waals surface area contributed by atoms with Gasteiger partial charge in [-0.3, -0.25) is 25.2 Å². The highest BCUT2D eigenvalue weighted by atomic mass is 16.5. The Bertz CT molecular complexity index is 573. The summed E-state index contributed by atoms with van der Waals surface area (Å²) < 4.78 is 5.01. The van der Waals surface area contributed by atoms with Gasteiger partial charge in [-0.15, -0.1) is 0 Å². The summed E-state index contributed by atoms with van der Waals surface area (Å²) in [5.41, 5.74) is 5.02. The number of benzene rings is 1. The van der Waals surface area contributed by atoms with Crippen LogP contribution in [0.15, 0.2) is 24.3 Å². The normalized spacial score (nSPS) is 10.1. The summed E-state index contributed by atoms with van der Waals surface area (Å²) in [6.45, 7) is 2.80. The second kappa shape index (κ2) is 12.7. The lowest BCUT2D eigenvalue weighted by Gasteiger charge is -2.08. The number of amides is 3. The monoisotopic (exact) mass is 363 g/mol. The van der Waals surface area contributed by atoms with Gasteiger partial charge < -0.3 is 10.1 Å². The topological polar surface area (TPSA) is 96.5 Å².